The van der Waals surface area contributed by atoms with Crippen LogP contribution in [0.4, 0.5) is 11.4 Å². The Bertz CT molecular complexity index is 1200. The van der Waals surface area contributed by atoms with Crippen molar-refractivity contribution < 1.29 is 14.2 Å². The molecule has 2 aliphatic heterocycles. The molecule has 0 aromatic heterocycles. The molecule has 2 heterocycles. The second-order valence-electron chi connectivity index (χ2n) is 12.7. The van der Waals surface area contributed by atoms with Gasteiger partial charge in [-0.15, -0.1) is 0 Å². The molecule has 11 heteroatoms. The molecule has 2 atom stereocenters. The number of hydrogen-bond donors (Lipinski definition) is 2. The first-order chi connectivity index (χ1) is 21.0. The van der Waals surface area contributed by atoms with Gasteiger partial charge < -0.3 is 39.5 Å². The number of benzene rings is 2. The normalized spacial score (nSPS) is 19.9. The smallest absolute Gasteiger partial charge is 0.162 e. The molecule has 2 aromatic carbocycles. The standard InChI is InChI=1S/C33H56N8O3/c1-36(2)15-10-16-40-28-22-31(43-8)30(42-7)21-25(28)32(34)41(33(40)35)24-13-17-39(18-14-24)23-26-27(38(5)6)11-9-12-29(26)44-20-19-37(3)4/h9,11-12,21-22,24,32-33H,10,13-20,23,34-35H2,1-8H3. The van der Waals surface area contributed by atoms with Crippen LogP contribution >= 0.6 is 0 Å². The van der Waals surface area contributed by atoms with Crippen LogP contribution in [0, 0.1) is 0 Å². The summed E-state index contributed by atoms with van der Waals surface area (Å²) in [5.74, 6) is 2.34. The summed E-state index contributed by atoms with van der Waals surface area (Å²) in [5.41, 5.74) is 18.6. The van der Waals surface area contributed by atoms with Crippen LogP contribution in [-0.4, -0.2) is 128 Å². The van der Waals surface area contributed by atoms with E-state index in [4.69, 9.17) is 25.7 Å². The van der Waals surface area contributed by atoms with Gasteiger partial charge in [0.25, 0.3) is 0 Å². The molecule has 4 N–H and O–H groups in total. The van der Waals surface area contributed by atoms with Gasteiger partial charge in [-0.25, -0.2) is 4.90 Å². The third kappa shape index (κ3) is 7.88. The lowest BCUT2D eigenvalue weighted by molar-refractivity contribution is 0.0281. The van der Waals surface area contributed by atoms with Crippen molar-refractivity contribution in [1.82, 2.24) is 19.6 Å². The summed E-state index contributed by atoms with van der Waals surface area (Å²) in [5, 5.41) is 0. The average Bonchev–Trinajstić information content (AvgIpc) is 2.99. The molecule has 4 rings (SSSR count). The predicted octanol–water partition coefficient (Wildman–Crippen LogP) is 2.65. The minimum absolute atomic E-state index is 0.258. The van der Waals surface area contributed by atoms with Crippen LogP contribution in [0.25, 0.3) is 0 Å². The lowest BCUT2D eigenvalue weighted by Gasteiger charge is -2.52. The zero-order valence-corrected chi connectivity index (χ0v) is 28.3. The second kappa shape index (κ2) is 15.5. The summed E-state index contributed by atoms with van der Waals surface area (Å²) in [6.45, 7) is 6.09. The van der Waals surface area contributed by atoms with E-state index in [1.165, 1.54) is 11.3 Å². The van der Waals surface area contributed by atoms with E-state index in [2.05, 4.69) is 89.9 Å². The minimum atomic E-state index is -0.340. The van der Waals surface area contributed by atoms with Crippen LogP contribution in [0.2, 0.25) is 0 Å². The van der Waals surface area contributed by atoms with Gasteiger partial charge in [0.2, 0.25) is 0 Å². The summed E-state index contributed by atoms with van der Waals surface area (Å²) >= 11 is 0. The Labute approximate surface area is 265 Å². The van der Waals surface area contributed by atoms with Gasteiger partial charge in [-0.1, -0.05) is 6.07 Å². The van der Waals surface area contributed by atoms with Crippen LogP contribution in [0.5, 0.6) is 17.2 Å². The van der Waals surface area contributed by atoms with Crippen molar-refractivity contribution in [3.63, 3.8) is 0 Å². The maximum absolute atomic E-state index is 7.08. The van der Waals surface area contributed by atoms with E-state index < -0.39 is 0 Å². The quantitative estimate of drug-likeness (QED) is 0.330. The number of rotatable bonds is 14. The number of methoxy groups -OCH3 is 2. The average molecular weight is 613 g/mol. The molecule has 2 aliphatic rings. The maximum atomic E-state index is 7.08. The predicted molar refractivity (Wildman–Crippen MR) is 180 cm³/mol. The van der Waals surface area contributed by atoms with E-state index in [0.29, 0.717) is 18.1 Å². The van der Waals surface area contributed by atoms with Crippen LogP contribution in [0.3, 0.4) is 0 Å². The number of ether oxygens (including phenoxy) is 3. The first-order valence-electron chi connectivity index (χ1n) is 15.8. The summed E-state index contributed by atoms with van der Waals surface area (Å²) in [4.78, 5) is 13.7. The zero-order chi connectivity index (χ0) is 32.0. The summed E-state index contributed by atoms with van der Waals surface area (Å²) in [7, 11) is 15.9. The van der Waals surface area contributed by atoms with E-state index in [9.17, 15) is 0 Å². The third-order valence-electron chi connectivity index (χ3n) is 8.86. The highest BCUT2D eigenvalue weighted by Gasteiger charge is 2.41. The van der Waals surface area contributed by atoms with E-state index in [1.807, 2.05) is 12.1 Å². The number of anilines is 2. The molecule has 44 heavy (non-hydrogen) atoms. The monoisotopic (exact) mass is 612 g/mol. The van der Waals surface area contributed by atoms with Gasteiger partial charge >= 0.3 is 0 Å². The largest absolute Gasteiger partial charge is 0.493 e. The summed E-state index contributed by atoms with van der Waals surface area (Å²) in [6.07, 6.45) is 2.28. The molecule has 0 aliphatic carbocycles. The highest BCUT2D eigenvalue weighted by molar-refractivity contribution is 5.65. The topological polar surface area (TPSA) is 99.2 Å². The summed E-state index contributed by atoms with van der Waals surface area (Å²) in [6, 6.07) is 10.7. The molecule has 0 radical (unpaired) electrons. The van der Waals surface area contributed by atoms with Crippen LogP contribution in [-0.2, 0) is 6.54 Å². The highest BCUT2D eigenvalue weighted by atomic mass is 16.5. The van der Waals surface area contributed by atoms with Gasteiger partial charge in [0.1, 0.15) is 18.6 Å². The number of nitrogens with two attached hydrogens (primary N) is 2. The lowest BCUT2D eigenvalue weighted by Crippen LogP contribution is -2.64. The number of nitrogens with zero attached hydrogens (tertiary/aromatic N) is 6. The zero-order valence-electron chi connectivity index (χ0n) is 28.3. The number of fused-ring (bicyclic) bond motifs is 1. The molecule has 2 unspecified atom stereocenters. The number of piperidine rings is 1. The summed E-state index contributed by atoms with van der Waals surface area (Å²) < 4.78 is 17.6. The van der Waals surface area contributed by atoms with Gasteiger partial charge in [0, 0.05) is 68.3 Å². The van der Waals surface area contributed by atoms with Gasteiger partial charge in [-0.05, 0) is 85.3 Å². The highest BCUT2D eigenvalue weighted by Crippen LogP contribution is 2.44. The van der Waals surface area contributed by atoms with Crippen molar-refractivity contribution in [2.75, 3.05) is 106 Å². The van der Waals surface area contributed by atoms with Crippen molar-refractivity contribution in [2.45, 2.75) is 44.3 Å². The Morgan fingerprint density at radius 3 is 2.14 bits per heavy atom. The maximum Gasteiger partial charge on any atom is 0.162 e. The fraction of sp³-hybridized carbons (Fsp3) is 0.636. The van der Waals surface area contributed by atoms with Crippen molar-refractivity contribution in [3.8, 4) is 17.2 Å². The van der Waals surface area contributed by atoms with Crippen molar-refractivity contribution >= 4 is 11.4 Å². The molecule has 246 valence electrons. The third-order valence-corrected chi connectivity index (χ3v) is 8.86. The Morgan fingerprint density at radius 2 is 1.52 bits per heavy atom. The van der Waals surface area contributed by atoms with E-state index in [-0.39, 0.29) is 18.5 Å². The second-order valence-corrected chi connectivity index (χ2v) is 12.7. The Hall–Kier alpha value is -2.80. The van der Waals surface area contributed by atoms with Gasteiger partial charge in [0.05, 0.1) is 20.4 Å². The van der Waals surface area contributed by atoms with Gasteiger partial charge in [-0.3, -0.25) is 10.6 Å². The van der Waals surface area contributed by atoms with Crippen molar-refractivity contribution in [1.29, 1.82) is 0 Å². The molecular weight excluding hydrogens is 556 g/mol. The molecule has 0 saturated carbocycles. The SMILES string of the molecule is COc1cc2c(cc1OC)N(CCCN(C)C)C(N)N(C1CCN(Cc3c(OCCN(C)C)cccc3N(C)C)CC1)C2N. The first-order valence-corrected chi connectivity index (χ1v) is 15.8. The fourth-order valence-corrected chi connectivity index (χ4v) is 6.46. The van der Waals surface area contributed by atoms with Gasteiger partial charge in [0.15, 0.2) is 11.5 Å². The van der Waals surface area contributed by atoms with Crippen LogP contribution in [0.15, 0.2) is 30.3 Å². The molecule has 0 bridgehead atoms. The molecule has 0 amide bonds. The minimum Gasteiger partial charge on any atom is -0.493 e. The molecule has 1 fully saturated rings. The van der Waals surface area contributed by atoms with E-state index >= 15 is 0 Å². The van der Waals surface area contributed by atoms with Crippen molar-refractivity contribution in [2.24, 2.45) is 11.5 Å². The fourth-order valence-electron chi connectivity index (χ4n) is 6.46. The number of likely N-dealkylation sites (N-methyl/N-ethyl adjacent to an activating group) is 1. The number of likely N-dealkylation sites (tertiary alicyclic amines) is 1. The molecule has 1 saturated heterocycles. The molecular formula is C33H56N8O3. The Kier molecular flexibility index (Phi) is 12.0. The van der Waals surface area contributed by atoms with E-state index in [0.717, 1.165) is 75.5 Å². The lowest BCUT2D eigenvalue weighted by atomic mass is 9.96. The first kappa shape index (κ1) is 34.1. The molecule has 0 spiro atoms. The van der Waals surface area contributed by atoms with Crippen LogP contribution < -0.4 is 35.5 Å². The number of hydrogen-bond acceptors (Lipinski definition) is 11. The Morgan fingerprint density at radius 1 is 0.864 bits per heavy atom. The molecule has 11 nitrogen and oxygen atoms in total. The van der Waals surface area contributed by atoms with Crippen LogP contribution in [0.1, 0.15) is 36.6 Å². The Balaban J connectivity index is 1.52. The molecule has 2 aromatic rings. The van der Waals surface area contributed by atoms with Gasteiger partial charge in [-0.2, -0.15) is 0 Å². The van der Waals surface area contributed by atoms with Crippen molar-refractivity contribution in [3.05, 3.63) is 41.5 Å². The van der Waals surface area contributed by atoms with E-state index in [1.54, 1.807) is 14.2 Å².